The zero-order valence-electron chi connectivity index (χ0n) is 16.2. The smallest absolute Gasteiger partial charge is 0.168 e. The monoisotopic (exact) mass is 404 g/mol. The van der Waals surface area contributed by atoms with Crippen LogP contribution >= 0.6 is 11.6 Å². The molecule has 6 nitrogen and oxygen atoms in total. The number of anilines is 2. The van der Waals surface area contributed by atoms with Gasteiger partial charge in [0.2, 0.25) is 0 Å². The van der Waals surface area contributed by atoms with E-state index in [-0.39, 0.29) is 0 Å². The molecule has 29 heavy (non-hydrogen) atoms. The molecule has 2 aromatic heterocycles. The van der Waals surface area contributed by atoms with E-state index in [1.54, 1.807) is 6.33 Å². The summed E-state index contributed by atoms with van der Waals surface area (Å²) in [5.41, 5.74) is 4.00. The molecule has 0 atom stereocenters. The minimum absolute atomic E-state index is 0.720. The third-order valence-electron chi connectivity index (χ3n) is 5.45. The number of fused-ring (bicyclic) bond motifs is 1. The zero-order valence-corrected chi connectivity index (χ0v) is 16.9. The highest BCUT2D eigenvalue weighted by Gasteiger charge is 2.21. The Labute approximate surface area is 174 Å². The lowest BCUT2D eigenvalue weighted by atomic mass is 10.2. The summed E-state index contributed by atoms with van der Waals surface area (Å²) in [5.74, 6) is 0.937. The Morgan fingerprint density at radius 1 is 0.862 bits per heavy atom. The van der Waals surface area contributed by atoms with Crippen LogP contribution in [0.25, 0.3) is 16.7 Å². The van der Waals surface area contributed by atoms with Crippen molar-refractivity contribution in [3.05, 3.63) is 71.6 Å². The number of aromatic nitrogens is 4. The Morgan fingerprint density at radius 2 is 1.62 bits per heavy atom. The average molecular weight is 405 g/mol. The predicted molar refractivity (Wildman–Crippen MR) is 117 cm³/mol. The molecule has 0 aliphatic carbocycles. The third kappa shape index (κ3) is 3.29. The molecule has 146 valence electrons. The normalized spacial score (nSPS) is 14.6. The summed E-state index contributed by atoms with van der Waals surface area (Å²) in [7, 11) is 0. The second kappa shape index (κ2) is 7.37. The second-order valence-electron chi connectivity index (χ2n) is 7.23. The maximum atomic E-state index is 6.31. The molecule has 1 saturated heterocycles. The van der Waals surface area contributed by atoms with Crippen molar-refractivity contribution in [3.63, 3.8) is 0 Å². The summed E-state index contributed by atoms with van der Waals surface area (Å²) in [6.07, 6.45) is 3.47. The van der Waals surface area contributed by atoms with Gasteiger partial charge < -0.3 is 9.80 Å². The van der Waals surface area contributed by atoms with Crippen LogP contribution in [0, 0.1) is 6.92 Å². The molecular weight excluding hydrogens is 384 g/mol. The van der Waals surface area contributed by atoms with Crippen molar-refractivity contribution < 1.29 is 0 Å². The summed E-state index contributed by atoms with van der Waals surface area (Å²) in [5, 5.41) is 6.25. The first-order valence-electron chi connectivity index (χ1n) is 9.71. The molecule has 4 aromatic rings. The zero-order chi connectivity index (χ0) is 19.8. The van der Waals surface area contributed by atoms with Gasteiger partial charge in [-0.2, -0.15) is 5.10 Å². The maximum absolute atomic E-state index is 6.31. The van der Waals surface area contributed by atoms with E-state index in [9.17, 15) is 0 Å². The largest absolute Gasteiger partial charge is 0.368 e. The van der Waals surface area contributed by atoms with Crippen molar-refractivity contribution in [1.82, 2.24) is 19.7 Å². The topological polar surface area (TPSA) is 50.1 Å². The minimum Gasteiger partial charge on any atom is -0.368 e. The Morgan fingerprint density at radius 3 is 2.38 bits per heavy atom. The fraction of sp³-hybridized carbons (Fsp3) is 0.227. The van der Waals surface area contributed by atoms with E-state index in [4.69, 9.17) is 11.6 Å². The number of hydrogen-bond acceptors (Lipinski definition) is 5. The molecule has 0 amide bonds. The Bertz CT molecular complexity index is 1150. The molecule has 7 heteroatoms. The van der Waals surface area contributed by atoms with Crippen LogP contribution < -0.4 is 9.80 Å². The van der Waals surface area contributed by atoms with E-state index in [0.717, 1.165) is 59.3 Å². The minimum atomic E-state index is 0.720. The van der Waals surface area contributed by atoms with Crippen LogP contribution in [0.15, 0.2) is 61.1 Å². The van der Waals surface area contributed by atoms with Crippen LogP contribution in [-0.4, -0.2) is 45.9 Å². The van der Waals surface area contributed by atoms with Crippen LogP contribution in [0.4, 0.5) is 11.5 Å². The van der Waals surface area contributed by atoms with Crippen LogP contribution in [0.3, 0.4) is 0 Å². The highest BCUT2D eigenvalue weighted by molar-refractivity contribution is 6.31. The van der Waals surface area contributed by atoms with Crippen molar-refractivity contribution in [2.24, 2.45) is 0 Å². The van der Waals surface area contributed by atoms with Crippen LogP contribution in [-0.2, 0) is 0 Å². The molecule has 1 fully saturated rings. The van der Waals surface area contributed by atoms with Gasteiger partial charge in [0.1, 0.15) is 12.1 Å². The number of para-hydroxylation sites is 1. The summed E-state index contributed by atoms with van der Waals surface area (Å²) < 4.78 is 1.83. The fourth-order valence-corrected chi connectivity index (χ4v) is 3.98. The Hall–Kier alpha value is -3.12. The summed E-state index contributed by atoms with van der Waals surface area (Å²) in [6, 6.07) is 16.5. The number of piperazine rings is 1. The highest BCUT2D eigenvalue weighted by atomic mass is 35.5. The average Bonchev–Trinajstić information content (AvgIpc) is 3.21. The summed E-state index contributed by atoms with van der Waals surface area (Å²) in [4.78, 5) is 13.8. The van der Waals surface area contributed by atoms with Gasteiger partial charge in [-0.15, -0.1) is 0 Å². The molecular formula is C22H21ClN6. The summed E-state index contributed by atoms with van der Waals surface area (Å²) in [6.45, 7) is 5.71. The van der Waals surface area contributed by atoms with Crippen molar-refractivity contribution in [2.75, 3.05) is 36.0 Å². The van der Waals surface area contributed by atoms with E-state index < -0.39 is 0 Å². The van der Waals surface area contributed by atoms with Crippen molar-refractivity contribution in [3.8, 4) is 5.69 Å². The lowest BCUT2D eigenvalue weighted by molar-refractivity contribution is 0.649. The lowest BCUT2D eigenvalue weighted by Crippen LogP contribution is -2.46. The van der Waals surface area contributed by atoms with E-state index >= 15 is 0 Å². The quantitative estimate of drug-likeness (QED) is 0.514. The fourth-order valence-electron chi connectivity index (χ4n) is 3.80. The molecule has 0 saturated carbocycles. The van der Waals surface area contributed by atoms with Crippen molar-refractivity contribution in [2.45, 2.75) is 6.92 Å². The van der Waals surface area contributed by atoms with Crippen molar-refractivity contribution in [1.29, 1.82) is 0 Å². The van der Waals surface area contributed by atoms with Gasteiger partial charge in [0.15, 0.2) is 5.65 Å². The van der Waals surface area contributed by atoms with Crippen molar-refractivity contribution >= 4 is 34.1 Å². The summed E-state index contributed by atoms with van der Waals surface area (Å²) >= 11 is 6.31. The molecule has 2 aromatic carbocycles. The lowest BCUT2D eigenvalue weighted by Gasteiger charge is -2.36. The molecule has 5 rings (SSSR count). The van der Waals surface area contributed by atoms with E-state index in [2.05, 4.69) is 55.2 Å². The molecule has 0 unspecified atom stereocenters. The highest BCUT2D eigenvalue weighted by Crippen LogP contribution is 2.27. The standard InChI is InChI=1S/C22H21ClN6/c1-16-7-8-18(13-20(16)23)29-22-19(14-26-29)21(24-15-25-22)28-11-9-27(10-12-28)17-5-3-2-4-6-17/h2-8,13-15H,9-12H2,1H3. The number of benzene rings is 2. The first-order chi connectivity index (χ1) is 14.2. The second-order valence-corrected chi connectivity index (χ2v) is 7.64. The molecule has 0 N–H and O–H groups in total. The third-order valence-corrected chi connectivity index (χ3v) is 5.85. The number of nitrogens with zero attached hydrogens (tertiary/aromatic N) is 6. The number of halogens is 1. The van der Waals surface area contributed by atoms with Gasteiger partial charge in [0.05, 0.1) is 17.3 Å². The van der Waals surface area contributed by atoms with E-state index in [1.807, 2.05) is 36.0 Å². The van der Waals surface area contributed by atoms with Gasteiger partial charge >= 0.3 is 0 Å². The molecule has 0 bridgehead atoms. The van der Waals surface area contributed by atoms with Gasteiger partial charge in [-0.25, -0.2) is 14.6 Å². The number of rotatable bonds is 3. The predicted octanol–water partition coefficient (Wildman–Crippen LogP) is 4.10. The maximum Gasteiger partial charge on any atom is 0.168 e. The number of aryl methyl sites for hydroxylation is 1. The van der Waals surface area contributed by atoms with Crippen LogP contribution in [0.1, 0.15) is 5.56 Å². The first-order valence-corrected chi connectivity index (χ1v) is 10.1. The van der Waals surface area contributed by atoms with E-state index in [1.165, 1.54) is 5.69 Å². The molecule has 0 radical (unpaired) electrons. The first kappa shape index (κ1) is 17.9. The van der Waals surface area contributed by atoms with Crippen LogP contribution in [0.5, 0.6) is 0 Å². The Kier molecular flexibility index (Phi) is 4.56. The van der Waals surface area contributed by atoms with Gasteiger partial charge in [-0.1, -0.05) is 35.9 Å². The molecule has 1 aliphatic rings. The SMILES string of the molecule is Cc1ccc(-n2ncc3c(N4CCN(c5ccccc5)CC4)ncnc32)cc1Cl. The van der Waals surface area contributed by atoms with E-state index in [0.29, 0.717) is 0 Å². The van der Waals surface area contributed by atoms with Gasteiger partial charge in [0, 0.05) is 36.9 Å². The molecule has 1 aliphatic heterocycles. The molecule has 0 spiro atoms. The Balaban J connectivity index is 1.43. The number of hydrogen-bond donors (Lipinski definition) is 0. The van der Waals surface area contributed by atoms with Gasteiger partial charge in [-0.3, -0.25) is 0 Å². The van der Waals surface area contributed by atoms with Gasteiger partial charge in [0.25, 0.3) is 0 Å². The van der Waals surface area contributed by atoms with Crippen LogP contribution in [0.2, 0.25) is 5.02 Å². The molecule has 3 heterocycles. The van der Waals surface area contributed by atoms with Gasteiger partial charge in [-0.05, 0) is 36.8 Å².